The number of hydrogen-bond donors (Lipinski definition) is 0. The van der Waals surface area contributed by atoms with Gasteiger partial charge in [-0.2, -0.15) is 0 Å². The average Bonchev–Trinajstić information content (AvgIpc) is 3.41. The van der Waals surface area contributed by atoms with E-state index in [0.29, 0.717) is 29.8 Å². The Hall–Kier alpha value is -2.77. The Kier molecular flexibility index (Phi) is 6.40. The van der Waals surface area contributed by atoms with Crippen molar-refractivity contribution in [3.05, 3.63) is 72.2 Å². The second kappa shape index (κ2) is 9.36. The Balaban J connectivity index is 1.60. The lowest BCUT2D eigenvalue weighted by molar-refractivity contribution is -0.116. The summed E-state index contributed by atoms with van der Waals surface area (Å²) in [6, 6.07) is 17.7. The first-order chi connectivity index (χ1) is 14.6. The molecule has 2 aromatic heterocycles. The van der Waals surface area contributed by atoms with Crippen LogP contribution in [0.2, 0.25) is 0 Å². The smallest absolute Gasteiger partial charge is 0.239 e. The molecule has 4 aromatic rings. The van der Waals surface area contributed by atoms with Crippen LogP contribution in [0.25, 0.3) is 10.2 Å². The number of thiazole rings is 1. The predicted molar refractivity (Wildman–Crippen MR) is 123 cm³/mol. The molecule has 154 valence electrons. The highest BCUT2D eigenvalue weighted by molar-refractivity contribution is 8.00. The van der Waals surface area contributed by atoms with E-state index in [0.717, 1.165) is 20.9 Å². The fourth-order valence-electron chi connectivity index (χ4n) is 2.98. The quantitative estimate of drug-likeness (QED) is 0.320. The lowest BCUT2D eigenvalue weighted by atomic mass is 10.2. The number of benzene rings is 2. The summed E-state index contributed by atoms with van der Waals surface area (Å²) in [4.78, 5) is 20.7. The Labute approximate surface area is 183 Å². The number of fused-ring (bicyclic) bond motifs is 1. The van der Waals surface area contributed by atoms with Crippen LogP contribution in [-0.2, 0) is 11.3 Å². The standard InChI is InChI=1S/C23H22N2O3S2/c1-3-27-19-7-4-8-20-22(19)24-23(30-20)25(14-17-6-5-13-28-17)21(26)15-29-18-11-9-16(2)10-12-18/h4-13H,3,14-15H2,1-2H3. The number of nitrogens with zero attached hydrogens (tertiary/aromatic N) is 2. The SMILES string of the molecule is CCOc1cccc2sc(N(Cc3ccco3)C(=O)CSc3ccc(C)cc3)nc12. The van der Waals surface area contributed by atoms with Gasteiger partial charge in [0, 0.05) is 4.90 Å². The van der Waals surface area contributed by atoms with Crippen LogP contribution in [-0.4, -0.2) is 23.3 Å². The van der Waals surface area contributed by atoms with Gasteiger partial charge in [0.05, 0.1) is 29.9 Å². The van der Waals surface area contributed by atoms with Crippen molar-refractivity contribution in [2.24, 2.45) is 0 Å². The predicted octanol–water partition coefficient (Wildman–Crippen LogP) is 5.92. The van der Waals surface area contributed by atoms with Gasteiger partial charge in [-0.3, -0.25) is 9.69 Å². The van der Waals surface area contributed by atoms with Crippen molar-refractivity contribution in [1.82, 2.24) is 4.98 Å². The molecule has 2 heterocycles. The van der Waals surface area contributed by atoms with Gasteiger partial charge < -0.3 is 9.15 Å². The lowest BCUT2D eigenvalue weighted by Gasteiger charge is -2.18. The molecular weight excluding hydrogens is 416 g/mol. The highest BCUT2D eigenvalue weighted by Gasteiger charge is 2.22. The summed E-state index contributed by atoms with van der Waals surface area (Å²) < 4.78 is 12.2. The number of hydrogen-bond acceptors (Lipinski definition) is 6. The number of amides is 1. The molecule has 0 atom stereocenters. The minimum Gasteiger partial charge on any atom is -0.492 e. The van der Waals surface area contributed by atoms with Crippen molar-refractivity contribution in [3.63, 3.8) is 0 Å². The highest BCUT2D eigenvalue weighted by Crippen LogP contribution is 2.35. The second-order valence-corrected chi connectivity index (χ2v) is 8.75. The third-order valence-corrected chi connectivity index (χ3v) is 6.52. The molecule has 4 rings (SSSR count). The molecule has 0 radical (unpaired) electrons. The molecule has 0 saturated heterocycles. The number of rotatable bonds is 8. The monoisotopic (exact) mass is 438 g/mol. The molecule has 5 nitrogen and oxygen atoms in total. The summed E-state index contributed by atoms with van der Waals surface area (Å²) in [5.41, 5.74) is 1.98. The first-order valence-corrected chi connectivity index (χ1v) is 11.5. The van der Waals surface area contributed by atoms with Crippen LogP contribution in [0.5, 0.6) is 5.75 Å². The topological polar surface area (TPSA) is 55.6 Å². The molecule has 7 heteroatoms. The molecule has 0 unspecified atom stereocenters. The Morgan fingerprint density at radius 1 is 1.17 bits per heavy atom. The zero-order valence-electron chi connectivity index (χ0n) is 16.8. The van der Waals surface area contributed by atoms with E-state index in [4.69, 9.17) is 14.1 Å². The molecule has 0 aliphatic heterocycles. The largest absolute Gasteiger partial charge is 0.492 e. The van der Waals surface area contributed by atoms with E-state index < -0.39 is 0 Å². The minimum absolute atomic E-state index is 0.0195. The van der Waals surface area contributed by atoms with Gasteiger partial charge in [0.25, 0.3) is 0 Å². The Morgan fingerprint density at radius 2 is 2.00 bits per heavy atom. The van der Waals surface area contributed by atoms with Gasteiger partial charge in [0.1, 0.15) is 17.0 Å². The maximum absolute atomic E-state index is 13.2. The third kappa shape index (κ3) is 4.68. The second-order valence-electron chi connectivity index (χ2n) is 6.69. The van der Waals surface area contributed by atoms with Crippen LogP contribution in [0.4, 0.5) is 5.13 Å². The average molecular weight is 439 g/mol. The number of para-hydroxylation sites is 1. The summed E-state index contributed by atoms with van der Waals surface area (Å²) >= 11 is 3.00. The first kappa shape index (κ1) is 20.5. The van der Waals surface area contributed by atoms with Crippen LogP contribution in [0.1, 0.15) is 18.2 Å². The number of aromatic nitrogens is 1. The van der Waals surface area contributed by atoms with Crippen molar-refractivity contribution in [2.45, 2.75) is 25.3 Å². The van der Waals surface area contributed by atoms with Gasteiger partial charge in [0.15, 0.2) is 5.13 Å². The normalized spacial score (nSPS) is 11.0. The van der Waals surface area contributed by atoms with Gasteiger partial charge in [0.2, 0.25) is 5.91 Å². The minimum atomic E-state index is -0.0195. The van der Waals surface area contributed by atoms with Crippen LogP contribution < -0.4 is 9.64 Å². The van der Waals surface area contributed by atoms with E-state index in [1.54, 1.807) is 11.2 Å². The van der Waals surface area contributed by atoms with Crippen molar-refractivity contribution in [3.8, 4) is 5.75 Å². The summed E-state index contributed by atoms with van der Waals surface area (Å²) in [6.45, 7) is 4.90. The van der Waals surface area contributed by atoms with Gasteiger partial charge >= 0.3 is 0 Å². The molecule has 0 aliphatic carbocycles. The number of carbonyl (C=O) groups is 1. The molecule has 30 heavy (non-hydrogen) atoms. The van der Waals surface area contributed by atoms with E-state index in [9.17, 15) is 4.79 Å². The number of aryl methyl sites for hydroxylation is 1. The van der Waals surface area contributed by atoms with Crippen molar-refractivity contribution >= 4 is 44.4 Å². The van der Waals surface area contributed by atoms with Crippen LogP contribution in [0.3, 0.4) is 0 Å². The lowest BCUT2D eigenvalue weighted by Crippen LogP contribution is -2.31. The zero-order chi connectivity index (χ0) is 20.9. The first-order valence-electron chi connectivity index (χ1n) is 9.68. The highest BCUT2D eigenvalue weighted by atomic mass is 32.2. The molecule has 0 fully saturated rings. The van der Waals surface area contributed by atoms with Gasteiger partial charge in [-0.25, -0.2) is 4.98 Å². The van der Waals surface area contributed by atoms with Crippen molar-refractivity contribution < 1.29 is 13.9 Å². The number of furan rings is 1. The Bertz CT molecular complexity index is 1120. The van der Waals surface area contributed by atoms with E-state index in [-0.39, 0.29) is 5.91 Å². The molecule has 0 saturated carbocycles. The van der Waals surface area contributed by atoms with Crippen LogP contribution >= 0.6 is 23.1 Å². The van der Waals surface area contributed by atoms with Gasteiger partial charge in [-0.15, -0.1) is 11.8 Å². The molecular formula is C23H22N2O3S2. The summed E-state index contributed by atoms with van der Waals surface area (Å²) in [5.74, 6) is 1.75. The number of carbonyl (C=O) groups excluding carboxylic acids is 1. The fourth-order valence-corrected chi connectivity index (χ4v) is 4.75. The molecule has 0 bridgehead atoms. The van der Waals surface area contributed by atoms with Crippen LogP contribution in [0, 0.1) is 6.92 Å². The maximum Gasteiger partial charge on any atom is 0.239 e. The fraction of sp³-hybridized carbons (Fsp3) is 0.217. The van der Waals surface area contributed by atoms with Crippen molar-refractivity contribution in [1.29, 1.82) is 0 Å². The molecule has 2 aromatic carbocycles. The maximum atomic E-state index is 13.2. The zero-order valence-corrected chi connectivity index (χ0v) is 18.5. The van der Waals surface area contributed by atoms with Gasteiger partial charge in [-0.1, -0.05) is 35.1 Å². The molecule has 1 amide bonds. The van der Waals surface area contributed by atoms with E-state index >= 15 is 0 Å². The number of anilines is 1. The third-order valence-electron chi connectivity index (χ3n) is 4.48. The molecule has 0 N–H and O–H groups in total. The van der Waals surface area contributed by atoms with E-state index in [1.807, 2.05) is 56.3 Å². The van der Waals surface area contributed by atoms with Crippen molar-refractivity contribution in [2.75, 3.05) is 17.3 Å². The molecule has 0 aliphatic rings. The molecule has 0 spiro atoms. The summed E-state index contributed by atoms with van der Waals surface area (Å²) in [7, 11) is 0. The summed E-state index contributed by atoms with van der Waals surface area (Å²) in [6.07, 6.45) is 1.62. The summed E-state index contributed by atoms with van der Waals surface area (Å²) in [5, 5.41) is 0.642. The van der Waals surface area contributed by atoms with Gasteiger partial charge in [-0.05, 0) is 50.2 Å². The van der Waals surface area contributed by atoms with E-state index in [2.05, 4.69) is 12.1 Å². The Morgan fingerprint density at radius 3 is 2.73 bits per heavy atom. The van der Waals surface area contributed by atoms with Crippen LogP contribution in [0.15, 0.2) is 70.2 Å². The number of ether oxygens (including phenoxy) is 1. The van der Waals surface area contributed by atoms with E-state index in [1.165, 1.54) is 28.7 Å². The number of thioether (sulfide) groups is 1.